The minimum Gasteiger partial charge on any atom is -0.467 e. The summed E-state index contributed by atoms with van der Waals surface area (Å²) >= 11 is 3.38. The molecule has 0 aliphatic carbocycles. The van der Waals surface area contributed by atoms with E-state index >= 15 is 0 Å². The molecule has 0 spiro atoms. The highest BCUT2D eigenvalue weighted by Crippen LogP contribution is 2.16. The third-order valence-electron chi connectivity index (χ3n) is 1.40. The van der Waals surface area contributed by atoms with Crippen LogP contribution in [0, 0.1) is 0 Å². The van der Waals surface area contributed by atoms with E-state index in [2.05, 4.69) is 28.2 Å². The van der Waals surface area contributed by atoms with Gasteiger partial charge in [0.1, 0.15) is 5.76 Å². The monoisotopic (exact) mass is 217 g/mol. The molecule has 0 aliphatic rings. The van der Waals surface area contributed by atoms with Crippen LogP contribution < -0.4 is 5.32 Å². The predicted molar refractivity (Wildman–Crippen MR) is 48.4 cm³/mol. The topological polar surface area (TPSA) is 25.2 Å². The molecule has 0 aromatic carbocycles. The first-order valence-electron chi connectivity index (χ1n) is 3.77. The van der Waals surface area contributed by atoms with Crippen molar-refractivity contribution in [2.45, 2.75) is 19.9 Å². The largest absolute Gasteiger partial charge is 0.467 e. The molecule has 0 bridgehead atoms. The van der Waals surface area contributed by atoms with E-state index in [0.717, 1.165) is 29.7 Å². The number of furan rings is 1. The average Bonchev–Trinajstić information content (AvgIpc) is 2.37. The maximum Gasteiger partial charge on any atom is 0.131 e. The molecular formula is C8H12BrNO. The van der Waals surface area contributed by atoms with Gasteiger partial charge in [0, 0.05) is 0 Å². The summed E-state index contributed by atoms with van der Waals surface area (Å²) in [4.78, 5) is 0. The molecule has 62 valence electrons. The van der Waals surface area contributed by atoms with Gasteiger partial charge >= 0.3 is 0 Å². The van der Waals surface area contributed by atoms with Crippen molar-refractivity contribution in [1.82, 2.24) is 5.32 Å². The van der Waals surface area contributed by atoms with Crippen molar-refractivity contribution in [3.05, 3.63) is 22.6 Å². The Balaban J connectivity index is 2.32. The van der Waals surface area contributed by atoms with Crippen LogP contribution in [0.1, 0.15) is 19.1 Å². The van der Waals surface area contributed by atoms with E-state index in [1.165, 1.54) is 0 Å². The molecule has 0 fully saturated rings. The third-order valence-corrected chi connectivity index (χ3v) is 2.11. The highest BCUT2D eigenvalue weighted by atomic mass is 79.9. The van der Waals surface area contributed by atoms with Crippen molar-refractivity contribution in [2.24, 2.45) is 0 Å². The fourth-order valence-corrected chi connectivity index (χ4v) is 1.17. The number of hydrogen-bond donors (Lipinski definition) is 1. The summed E-state index contributed by atoms with van der Waals surface area (Å²) in [5.41, 5.74) is 0. The molecular weight excluding hydrogens is 206 g/mol. The molecule has 0 saturated heterocycles. The summed E-state index contributed by atoms with van der Waals surface area (Å²) in [6.07, 6.45) is 2.84. The van der Waals surface area contributed by atoms with Crippen LogP contribution in [0.25, 0.3) is 0 Å². The lowest BCUT2D eigenvalue weighted by atomic mass is 10.4. The Kier molecular flexibility index (Phi) is 3.66. The molecule has 0 amide bonds. The van der Waals surface area contributed by atoms with Gasteiger partial charge in [0.05, 0.1) is 17.3 Å². The van der Waals surface area contributed by atoms with E-state index in [4.69, 9.17) is 4.42 Å². The first kappa shape index (κ1) is 8.81. The Morgan fingerprint density at radius 1 is 1.64 bits per heavy atom. The van der Waals surface area contributed by atoms with Crippen LogP contribution in [-0.4, -0.2) is 6.54 Å². The van der Waals surface area contributed by atoms with E-state index in [9.17, 15) is 0 Å². The summed E-state index contributed by atoms with van der Waals surface area (Å²) in [6, 6.07) is 1.91. The van der Waals surface area contributed by atoms with Gasteiger partial charge in [-0.2, -0.15) is 0 Å². The van der Waals surface area contributed by atoms with E-state index < -0.39 is 0 Å². The zero-order valence-electron chi connectivity index (χ0n) is 6.56. The fourth-order valence-electron chi connectivity index (χ4n) is 0.830. The molecule has 11 heavy (non-hydrogen) atoms. The number of hydrogen-bond acceptors (Lipinski definition) is 2. The Morgan fingerprint density at radius 3 is 3.00 bits per heavy atom. The van der Waals surface area contributed by atoms with Gasteiger partial charge in [-0.3, -0.25) is 0 Å². The van der Waals surface area contributed by atoms with Crippen LogP contribution in [-0.2, 0) is 6.54 Å². The molecule has 0 unspecified atom stereocenters. The van der Waals surface area contributed by atoms with Crippen molar-refractivity contribution in [1.29, 1.82) is 0 Å². The van der Waals surface area contributed by atoms with E-state index in [1.807, 2.05) is 6.07 Å². The predicted octanol–water partition coefficient (Wildman–Crippen LogP) is 2.54. The van der Waals surface area contributed by atoms with E-state index in [-0.39, 0.29) is 0 Å². The number of halogens is 1. The van der Waals surface area contributed by atoms with Crippen LogP contribution in [0.2, 0.25) is 0 Å². The van der Waals surface area contributed by atoms with Gasteiger partial charge in [0.2, 0.25) is 0 Å². The minimum absolute atomic E-state index is 0.807. The van der Waals surface area contributed by atoms with Gasteiger partial charge in [-0.1, -0.05) is 6.92 Å². The van der Waals surface area contributed by atoms with Crippen molar-refractivity contribution < 1.29 is 4.42 Å². The van der Waals surface area contributed by atoms with Crippen LogP contribution >= 0.6 is 15.9 Å². The molecule has 0 atom stereocenters. The van der Waals surface area contributed by atoms with Gasteiger partial charge in [-0.25, -0.2) is 0 Å². The van der Waals surface area contributed by atoms with Gasteiger partial charge < -0.3 is 9.73 Å². The van der Waals surface area contributed by atoms with Crippen LogP contribution in [0.5, 0.6) is 0 Å². The number of rotatable bonds is 4. The zero-order valence-corrected chi connectivity index (χ0v) is 8.15. The van der Waals surface area contributed by atoms with Crippen molar-refractivity contribution >= 4 is 15.9 Å². The molecule has 1 aromatic rings. The Labute approximate surface area is 75.1 Å². The Bertz CT molecular complexity index is 210. The van der Waals surface area contributed by atoms with Gasteiger partial charge in [-0.15, -0.1) is 0 Å². The summed E-state index contributed by atoms with van der Waals surface area (Å²) in [6.45, 7) is 3.98. The normalized spacial score (nSPS) is 10.4. The lowest BCUT2D eigenvalue weighted by molar-refractivity contribution is 0.481. The van der Waals surface area contributed by atoms with Gasteiger partial charge in [0.15, 0.2) is 0 Å². The molecule has 2 nitrogen and oxygen atoms in total. The van der Waals surface area contributed by atoms with Crippen LogP contribution in [0.15, 0.2) is 21.2 Å². The second kappa shape index (κ2) is 4.57. The molecule has 0 saturated carbocycles. The van der Waals surface area contributed by atoms with Crippen molar-refractivity contribution in [3.63, 3.8) is 0 Å². The first-order valence-corrected chi connectivity index (χ1v) is 4.56. The SMILES string of the molecule is CCCNCc1occc1Br. The molecule has 0 aliphatic heterocycles. The standard InChI is InChI=1S/C8H12BrNO/c1-2-4-10-6-8-7(9)3-5-11-8/h3,5,10H,2,4,6H2,1H3. The third kappa shape index (κ3) is 2.67. The quantitative estimate of drug-likeness (QED) is 0.785. The second-order valence-corrected chi connectivity index (χ2v) is 3.22. The average molecular weight is 218 g/mol. The maximum absolute atomic E-state index is 5.20. The lowest BCUT2D eigenvalue weighted by Gasteiger charge is -1.99. The van der Waals surface area contributed by atoms with Gasteiger partial charge in [-0.05, 0) is 35.0 Å². The summed E-state index contributed by atoms with van der Waals surface area (Å²) in [5.74, 6) is 0.971. The van der Waals surface area contributed by atoms with Crippen molar-refractivity contribution in [2.75, 3.05) is 6.54 Å². The molecule has 0 radical (unpaired) electrons. The highest BCUT2D eigenvalue weighted by molar-refractivity contribution is 9.10. The molecule has 1 aromatic heterocycles. The molecule has 1 rings (SSSR count). The summed E-state index contributed by atoms with van der Waals surface area (Å²) < 4.78 is 6.24. The second-order valence-electron chi connectivity index (χ2n) is 2.37. The van der Waals surface area contributed by atoms with Crippen molar-refractivity contribution in [3.8, 4) is 0 Å². The van der Waals surface area contributed by atoms with Crippen LogP contribution in [0.3, 0.4) is 0 Å². The van der Waals surface area contributed by atoms with Gasteiger partial charge in [0.25, 0.3) is 0 Å². The minimum atomic E-state index is 0.807. The number of nitrogens with one attached hydrogen (secondary N) is 1. The smallest absolute Gasteiger partial charge is 0.131 e. The summed E-state index contributed by atoms with van der Waals surface area (Å²) in [5, 5.41) is 3.25. The van der Waals surface area contributed by atoms with E-state index in [1.54, 1.807) is 6.26 Å². The maximum atomic E-state index is 5.20. The van der Waals surface area contributed by atoms with Crippen LogP contribution in [0.4, 0.5) is 0 Å². The molecule has 1 N–H and O–H groups in total. The first-order chi connectivity index (χ1) is 5.34. The molecule has 1 heterocycles. The molecule has 3 heteroatoms. The highest BCUT2D eigenvalue weighted by Gasteiger charge is 2.00. The Morgan fingerprint density at radius 2 is 2.45 bits per heavy atom. The lowest BCUT2D eigenvalue weighted by Crippen LogP contribution is -2.13. The fraction of sp³-hybridized carbons (Fsp3) is 0.500. The summed E-state index contributed by atoms with van der Waals surface area (Å²) in [7, 11) is 0. The Hall–Kier alpha value is -0.280. The zero-order chi connectivity index (χ0) is 8.10. The van der Waals surface area contributed by atoms with E-state index in [0.29, 0.717) is 0 Å².